The number of esters is 2. The lowest BCUT2D eigenvalue weighted by Crippen LogP contribution is -2.65. The van der Waals surface area contributed by atoms with E-state index in [1.807, 2.05) is 6.92 Å². The van der Waals surface area contributed by atoms with Gasteiger partial charge in [-0.1, -0.05) is 20.8 Å². The predicted molar refractivity (Wildman–Crippen MR) is 123 cm³/mol. The van der Waals surface area contributed by atoms with Crippen LogP contribution in [0.3, 0.4) is 0 Å². The summed E-state index contributed by atoms with van der Waals surface area (Å²) in [6.07, 6.45) is 0.493. The fraction of sp³-hybridized carbons (Fsp3) is 0.667. The van der Waals surface area contributed by atoms with Crippen LogP contribution in [0.1, 0.15) is 51.7 Å². The van der Waals surface area contributed by atoms with E-state index in [4.69, 9.17) is 13.9 Å². The van der Waals surface area contributed by atoms with Gasteiger partial charge in [-0.3, -0.25) is 4.79 Å². The molecular formula is C27H32O10. The first-order valence-electron chi connectivity index (χ1n) is 12.6. The standard InChI is InChI=1S/C27H32O10/c1-23-7-5-13-25(3)18(17(30)22(32)35-4)24(2)11-26(25,33)19(16(29)20(24)31)27(13,34)14(23)9-15(28)37-21(23)12-6-8-36-10-12/h6,8-10,13,17-21,30-31,33-34H,5,7,11H2,1-4H3/t13-,17-,18+,19+,20-,21+,23-,24-,25-,26+,27-/m1/s1. The van der Waals surface area contributed by atoms with Crippen LogP contribution in [0.4, 0.5) is 0 Å². The number of methoxy groups -OCH3 is 1. The van der Waals surface area contributed by atoms with Crippen LogP contribution in [0.5, 0.6) is 0 Å². The first kappa shape index (κ1) is 24.8. The lowest BCUT2D eigenvalue weighted by molar-refractivity contribution is -0.189. The van der Waals surface area contributed by atoms with Crippen molar-refractivity contribution in [3.8, 4) is 0 Å². The van der Waals surface area contributed by atoms with Gasteiger partial charge in [0.1, 0.15) is 17.8 Å². The number of ketones is 1. The quantitative estimate of drug-likeness (QED) is 0.423. The molecule has 200 valence electrons. The number of carbonyl (C=O) groups excluding carboxylic acids is 3. The van der Waals surface area contributed by atoms with Crippen LogP contribution in [-0.2, 0) is 23.9 Å². The van der Waals surface area contributed by atoms with Crippen molar-refractivity contribution >= 4 is 17.7 Å². The maximum absolute atomic E-state index is 13.9. The minimum Gasteiger partial charge on any atom is -0.472 e. The lowest BCUT2D eigenvalue weighted by atomic mass is 9.49. The van der Waals surface area contributed by atoms with E-state index in [1.165, 1.54) is 18.6 Å². The molecule has 10 nitrogen and oxygen atoms in total. The molecule has 0 unspecified atom stereocenters. The summed E-state index contributed by atoms with van der Waals surface area (Å²) in [5.41, 5.74) is -6.72. The zero-order chi connectivity index (χ0) is 26.9. The average molecular weight is 517 g/mol. The maximum atomic E-state index is 13.9. The van der Waals surface area contributed by atoms with Crippen LogP contribution in [0, 0.1) is 34.0 Å². The summed E-state index contributed by atoms with van der Waals surface area (Å²) in [5, 5.41) is 47.6. The predicted octanol–water partition coefficient (Wildman–Crippen LogP) is 0.822. The second-order valence-electron chi connectivity index (χ2n) is 12.3. The first-order chi connectivity index (χ1) is 17.2. The van der Waals surface area contributed by atoms with Crippen molar-refractivity contribution in [2.45, 2.75) is 69.5 Å². The highest BCUT2D eigenvalue weighted by atomic mass is 16.5. The average Bonchev–Trinajstić information content (AvgIpc) is 3.45. The Morgan fingerprint density at radius 3 is 2.54 bits per heavy atom. The lowest BCUT2D eigenvalue weighted by Gasteiger charge is -2.58. The number of fused-ring (bicyclic) bond motifs is 6. The molecule has 1 aromatic rings. The zero-order valence-corrected chi connectivity index (χ0v) is 21.1. The number of Topliss-reactive ketones (excluding diaryl/α,β-unsaturated/α-hetero) is 1. The number of hydrogen-bond acceptors (Lipinski definition) is 10. The molecule has 5 aliphatic rings. The topological polar surface area (TPSA) is 164 Å². The van der Waals surface area contributed by atoms with E-state index in [1.54, 1.807) is 19.9 Å². The van der Waals surface area contributed by atoms with E-state index in [-0.39, 0.29) is 12.0 Å². The normalized spacial score (nSPS) is 50.6. The minimum absolute atomic E-state index is 0.120. The van der Waals surface area contributed by atoms with Gasteiger partial charge >= 0.3 is 11.9 Å². The minimum atomic E-state index is -2.04. The van der Waals surface area contributed by atoms with E-state index in [0.717, 1.165) is 7.11 Å². The number of cyclic esters (lactones) is 1. The van der Waals surface area contributed by atoms with Crippen LogP contribution >= 0.6 is 0 Å². The molecule has 0 saturated heterocycles. The Kier molecular flexibility index (Phi) is 4.76. The van der Waals surface area contributed by atoms with Crippen LogP contribution < -0.4 is 0 Å². The molecule has 2 bridgehead atoms. The zero-order valence-electron chi connectivity index (χ0n) is 21.1. The van der Waals surface area contributed by atoms with Gasteiger partial charge in [0.15, 0.2) is 11.9 Å². The number of furan rings is 1. The van der Waals surface area contributed by atoms with Gasteiger partial charge in [-0.05, 0) is 30.9 Å². The second-order valence-corrected chi connectivity index (χ2v) is 12.3. The summed E-state index contributed by atoms with van der Waals surface area (Å²) in [6.45, 7) is 5.10. The highest BCUT2D eigenvalue weighted by molar-refractivity contribution is 5.94. The van der Waals surface area contributed by atoms with Crippen molar-refractivity contribution in [3.05, 3.63) is 35.8 Å². The van der Waals surface area contributed by atoms with Gasteiger partial charge < -0.3 is 34.3 Å². The van der Waals surface area contributed by atoms with Crippen LogP contribution in [-0.4, -0.2) is 68.7 Å². The third-order valence-electron chi connectivity index (χ3n) is 11.0. The third-order valence-corrected chi connectivity index (χ3v) is 11.0. The Morgan fingerprint density at radius 1 is 1.22 bits per heavy atom. The summed E-state index contributed by atoms with van der Waals surface area (Å²) >= 11 is 0. The van der Waals surface area contributed by atoms with Crippen molar-refractivity contribution in [1.82, 2.24) is 0 Å². The second kappa shape index (κ2) is 7.11. The van der Waals surface area contributed by atoms with Gasteiger partial charge in [-0.15, -0.1) is 0 Å². The van der Waals surface area contributed by atoms with Crippen molar-refractivity contribution in [3.63, 3.8) is 0 Å². The fourth-order valence-electron chi connectivity index (χ4n) is 9.65. The van der Waals surface area contributed by atoms with E-state index in [0.29, 0.717) is 18.4 Å². The van der Waals surface area contributed by atoms with E-state index in [2.05, 4.69) is 0 Å². The van der Waals surface area contributed by atoms with Crippen LogP contribution in [0.15, 0.2) is 34.7 Å². The number of rotatable bonds is 3. The fourth-order valence-corrected chi connectivity index (χ4v) is 9.65. The van der Waals surface area contributed by atoms with Crippen molar-refractivity contribution in [1.29, 1.82) is 0 Å². The highest BCUT2D eigenvalue weighted by Crippen LogP contribution is 2.80. The van der Waals surface area contributed by atoms with Gasteiger partial charge in [-0.25, -0.2) is 9.59 Å². The molecular weight excluding hydrogens is 484 g/mol. The molecule has 1 aromatic heterocycles. The van der Waals surface area contributed by atoms with Gasteiger partial charge in [0, 0.05) is 39.7 Å². The Balaban J connectivity index is 1.59. The molecule has 37 heavy (non-hydrogen) atoms. The summed E-state index contributed by atoms with van der Waals surface area (Å²) < 4.78 is 15.7. The van der Waals surface area contributed by atoms with Gasteiger partial charge in [0.25, 0.3) is 0 Å². The highest BCUT2D eigenvalue weighted by Gasteiger charge is 2.88. The molecule has 0 aromatic carbocycles. The monoisotopic (exact) mass is 516 g/mol. The van der Waals surface area contributed by atoms with E-state index >= 15 is 0 Å². The number of carbonyl (C=O) groups is 3. The molecule has 4 N–H and O–H groups in total. The Hall–Kier alpha value is -2.53. The summed E-state index contributed by atoms with van der Waals surface area (Å²) in [6, 6.07) is 1.67. The summed E-state index contributed by atoms with van der Waals surface area (Å²) in [5.74, 6) is -5.82. The molecule has 1 aliphatic heterocycles. The van der Waals surface area contributed by atoms with E-state index < -0.39 is 81.2 Å². The molecule has 6 rings (SSSR count). The van der Waals surface area contributed by atoms with Gasteiger partial charge in [0.2, 0.25) is 0 Å². The smallest absolute Gasteiger partial charge is 0.335 e. The maximum Gasteiger partial charge on any atom is 0.335 e. The Labute approximate surface area is 213 Å². The molecule has 4 aliphatic carbocycles. The first-order valence-corrected chi connectivity index (χ1v) is 12.6. The Bertz CT molecular complexity index is 1240. The molecule has 0 radical (unpaired) electrons. The molecule has 0 amide bonds. The van der Waals surface area contributed by atoms with Crippen LogP contribution in [0.2, 0.25) is 0 Å². The number of aliphatic hydroxyl groups is 4. The van der Waals surface area contributed by atoms with Crippen molar-refractivity contribution < 1.29 is 48.7 Å². The largest absolute Gasteiger partial charge is 0.472 e. The van der Waals surface area contributed by atoms with Crippen molar-refractivity contribution in [2.24, 2.45) is 34.0 Å². The summed E-state index contributed by atoms with van der Waals surface area (Å²) in [7, 11) is 1.13. The molecule has 10 heteroatoms. The summed E-state index contributed by atoms with van der Waals surface area (Å²) in [4.78, 5) is 39.4. The number of ether oxygens (including phenoxy) is 2. The van der Waals surface area contributed by atoms with Gasteiger partial charge in [0.05, 0.1) is 31.2 Å². The molecule has 11 atom stereocenters. The molecule has 4 saturated carbocycles. The molecule has 4 fully saturated rings. The number of hydrogen-bond donors (Lipinski definition) is 4. The molecule has 2 heterocycles. The molecule has 0 spiro atoms. The number of aliphatic hydroxyl groups excluding tert-OH is 2. The van der Waals surface area contributed by atoms with Gasteiger partial charge in [-0.2, -0.15) is 0 Å². The van der Waals surface area contributed by atoms with E-state index in [9.17, 15) is 34.8 Å². The third kappa shape index (κ3) is 2.49. The van der Waals surface area contributed by atoms with Crippen molar-refractivity contribution in [2.75, 3.05) is 7.11 Å². The Morgan fingerprint density at radius 2 is 1.92 bits per heavy atom. The SMILES string of the molecule is COC(=O)[C@H](O)[C@H]1[C@@]2(C)C[C@]3(O)[C@H](C(=O)[C@H]2O)[C@]2(O)C4=CC(=O)O[C@@H](c5ccoc5)[C@]4(C)CC[C@@H]2[C@]13C. The van der Waals surface area contributed by atoms with Crippen LogP contribution in [0.25, 0.3) is 0 Å².